The van der Waals surface area contributed by atoms with Crippen LogP contribution in [0.15, 0.2) is 103 Å². The summed E-state index contributed by atoms with van der Waals surface area (Å²) < 4.78 is 5.18. The highest BCUT2D eigenvalue weighted by Gasteiger charge is 2.71. The van der Waals surface area contributed by atoms with Crippen molar-refractivity contribution in [1.29, 1.82) is 0 Å². The van der Waals surface area contributed by atoms with Gasteiger partial charge in [-0.2, -0.15) is 0 Å². The largest absolute Gasteiger partial charge is 0.427 e. The van der Waals surface area contributed by atoms with Gasteiger partial charge in [0.15, 0.2) is 17.3 Å². The number of para-hydroxylation sites is 1. The number of anilines is 1. The molecule has 2 heterocycles. The first kappa shape index (κ1) is 26.1. The number of esters is 1. The second-order valence-corrected chi connectivity index (χ2v) is 11.2. The summed E-state index contributed by atoms with van der Waals surface area (Å²) in [6.07, 6.45) is 3.82. The van der Waals surface area contributed by atoms with E-state index in [-0.39, 0.29) is 17.3 Å². The number of benzene rings is 4. The predicted molar refractivity (Wildman–Crippen MR) is 159 cm³/mol. The van der Waals surface area contributed by atoms with Crippen molar-refractivity contribution in [2.45, 2.75) is 24.9 Å². The topological polar surface area (TPSA) is 80.8 Å². The number of ether oxygens (including phenoxy) is 1. The van der Waals surface area contributed by atoms with Gasteiger partial charge in [0, 0.05) is 40.2 Å². The molecule has 206 valence electrons. The zero-order valence-electron chi connectivity index (χ0n) is 22.5. The van der Waals surface area contributed by atoms with Gasteiger partial charge in [0.25, 0.3) is 0 Å². The highest BCUT2D eigenvalue weighted by molar-refractivity contribution is 6.32. The Labute approximate surface area is 247 Å². The van der Waals surface area contributed by atoms with Crippen LogP contribution in [0.1, 0.15) is 55.0 Å². The zero-order valence-corrected chi connectivity index (χ0v) is 23.2. The SMILES string of the molecule is CC(=O)Oc1ccc(C(=O)[C@H]2[C@@H](c3ccc(Cl)cc3)C3(C(=O)c4ccccc4C3=O)[C@H]3C=Cc4ccccc4N23)cc1. The van der Waals surface area contributed by atoms with E-state index in [4.69, 9.17) is 16.3 Å². The molecule has 0 radical (unpaired) electrons. The highest BCUT2D eigenvalue weighted by atomic mass is 35.5. The van der Waals surface area contributed by atoms with Gasteiger partial charge < -0.3 is 9.64 Å². The van der Waals surface area contributed by atoms with Crippen LogP contribution in [0.4, 0.5) is 5.69 Å². The van der Waals surface area contributed by atoms with Crippen LogP contribution in [0, 0.1) is 5.41 Å². The van der Waals surface area contributed by atoms with Gasteiger partial charge in [-0.1, -0.05) is 78.4 Å². The summed E-state index contributed by atoms with van der Waals surface area (Å²) in [5, 5.41) is 0.505. The summed E-state index contributed by atoms with van der Waals surface area (Å²) in [6, 6.07) is 26.3. The molecule has 42 heavy (non-hydrogen) atoms. The number of hydrogen-bond donors (Lipinski definition) is 0. The van der Waals surface area contributed by atoms with Crippen molar-refractivity contribution in [3.63, 3.8) is 0 Å². The maximum Gasteiger partial charge on any atom is 0.308 e. The molecule has 4 aromatic carbocycles. The number of fused-ring (bicyclic) bond motifs is 5. The van der Waals surface area contributed by atoms with E-state index in [1.165, 1.54) is 6.92 Å². The number of carbonyl (C=O) groups excluding carboxylic acids is 4. The third kappa shape index (κ3) is 3.65. The van der Waals surface area contributed by atoms with E-state index in [2.05, 4.69) is 0 Å². The van der Waals surface area contributed by atoms with Crippen molar-refractivity contribution >= 4 is 46.7 Å². The van der Waals surface area contributed by atoms with Gasteiger partial charge in [0.05, 0.1) is 6.04 Å². The fourth-order valence-electron chi connectivity index (χ4n) is 6.98. The Bertz CT molecular complexity index is 1790. The second-order valence-electron chi connectivity index (χ2n) is 10.8. The molecule has 0 amide bonds. The molecule has 0 N–H and O–H groups in total. The summed E-state index contributed by atoms with van der Waals surface area (Å²) >= 11 is 6.28. The Hall–Kier alpha value is -4.81. The summed E-state index contributed by atoms with van der Waals surface area (Å²) in [5.41, 5.74) is 1.85. The molecule has 1 spiro atoms. The first-order valence-corrected chi connectivity index (χ1v) is 14.0. The molecule has 7 rings (SSSR count). The third-order valence-corrected chi connectivity index (χ3v) is 8.86. The summed E-state index contributed by atoms with van der Waals surface area (Å²) in [4.78, 5) is 57.4. The van der Waals surface area contributed by atoms with Crippen LogP contribution in [-0.2, 0) is 4.79 Å². The number of nitrogens with zero attached hydrogens (tertiary/aromatic N) is 1. The van der Waals surface area contributed by atoms with Gasteiger partial charge >= 0.3 is 5.97 Å². The van der Waals surface area contributed by atoms with Crippen LogP contribution in [-0.4, -0.2) is 35.4 Å². The van der Waals surface area contributed by atoms with Gasteiger partial charge in [0.2, 0.25) is 0 Å². The third-order valence-electron chi connectivity index (χ3n) is 8.61. The van der Waals surface area contributed by atoms with Crippen LogP contribution in [0.5, 0.6) is 5.75 Å². The van der Waals surface area contributed by atoms with Crippen LogP contribution in [0.2, 0.25) is 5.02 Å². The van der Waals surface area contributed by atoms with Crippen LogP contribution in [0.25, 0.3) is 6.08 Å². The smallest absolute Gasteiger partial charge is 0.308 e. The van der Waals surface area contributed by atoms with Crippen LogP contribution >= 0.6 is 11.6 Å². The lowest BCUT2D eigenvalue weighted by Crippen LogP contribution is -2.48. The molecule has 1 aliphatic carbocycles. The van der Waals surface area contributed by atoms with Gasteiger partial charge in [-0.3, -0.25) is 19.2 Å². The Morgan fingerprint density at radius 1 is 0.810 bits per heavy atom. The molecule has 0 bridgehead atoms. The molecule has 3 atom stereocenters. The maximum absolute atomic E-state index is 14.7. The molecule has 2 aliphatic heterocycles. The molecular weight excluding hydrogens is 550 g/mol. The summed E-state index contributed by atoms with van der Waals surface area (Å²) in [5.74, 6) is -1.81. The number of carbonyl (C=O) groups is 4. The molecule has 0 unspecified atom stereocenters. The highest BCUT2D eigenvalue weighted by Crippen LogP contribution is 2.61. The minimum Gasteiger partial charge on any atom is -0.427 e. The number of hydrogen-bond acceptors (Lipinski definition) is 6. The molecule has 6 nitrogen and oxygen atoms in total. The average molecular weight is 574 g/mol. The van der Waals surface area contributed by atoms with Crippen molar-refractivity contribution in [3.05, 3.63) is 136 Å². The fourth-order valence-corrected chi connectivity index (χ4v) is 7.11. The molecule has 0 saturated carbocycles. The lowest BCUT2D eigenvalue weighted by atomic mass is 9.64. The number of Topliss-reactive ketones (excluding diaryl/α,β-unsaturated/α-hetero) is 3. The average Bonchev–Trinajstić information content (AvgIpc) is 3.43. The number of halogens is 1. The Kier molecular flexibility index (Phi) is 5.99. The van der Waals surface area contributed by atoms with Crippen molar-refractivity contribution in [3.8, 4) is 5.75 Å². The van der Waals surface area contributed by atoms with Crippen molar-refractivity contribution < 1.29 is 23.9 Å². The second kappa shape index (κ2) is 9.64. The van der Waals surface area contributed by atoms with E-state index in [1.54, 1.807) is 72.8 Å². The Balaban J connectivity index is 1.48. The lowest BCUT2D eigenvalue weighted by Gasteiger charge is -2.37. The standard InChI is InChI=1S/C35H24ClNO5/c1-20(38)42-25-17-12-23(13-18-25)32(39)31-30(22-10-15-24(36)16-11-22)35(33(40)26-7-3-4-8-27(26)34(35)41)29-19-14-21-6-2-5-9-28(21)37(29)31/h2-19,29-31H,1H3/t29-,30-,31-/m1/s1. The Morgan fingerprint density at radius 2 is 1.43 bits per heavy atom. The normalized spacial score (nSPS) is 21.2. The Morgan fingerprint density at radius 3 is 2.07 bits per heavy atom. The number of ketones is 3. The minimum atomic E-state index is -1.58. The van der Waals surface area contributed by atoms with Crippen LogP contribution < -0.4 is 9.64 Å². The first-order chi connectivity index (χ1) is 20.3. The number of rotatable bonds is 4. The monoisotopic (exact) mass is 573 g/mol. The van der Waals surface area contributed by atoms with Crippen molar-refractivity contribution in [1.82, 2.24) is 0 Å². The van der Waals surface area contributed by atoms with E-state index in [0.29, 0.717) is 33.0 Å². The molecule has 7 heteroatoms. The van der Waals surface area contributed by atoms with E-state index in [1.807, 2.05) is 41.3 Å². The molecule has 1 fully saturated rings. The van der Waals surface area contributed by atoms with E-state index >= 15 is 0 Å². The van der Waals surface area contributed by atoms with Gasteiger partial charge in [-0.25, -0.2) is 0 Å². The summed E-state index contributed by atoms with van der Waals surface area (Å²) in [7, 11) is 0. The maximum atomic E-state index is 14.7. The quantitative estimate of drug-likeness (QED) is 0.119. The summed E-state index contributed by atoms with van der Waals surface area (Å²) in [6.45, 7) is 1.31. The molecule has 4 aromatic rings. The molecule has 3 aliphatic rings. The van der Waals surface area contributed by atoms with Crippen molar-refractivity contribution in [2.24, 2.45) is 5.41 Å². The predicted octanol–water partition coefficient (Wildman–Crippen LogP) is 6.58. The molecule has 1 saturated heterocycles. The zero-order chi connectivity index (χ0) is 29.2. The van der Waals surface area contributed by atoms with E-state index in [0.717, 1.165) is 11.3 Å². The van der Waals surface area contributed by atoms with E-state index < -0.39 is 29.4 Å². The van der Waals surface area contributed by atoms with Gasteiger partial charge in [0.1, 0.15) is 17.2 Å². The van der Waals surface area contributed by atoms with Gasteiger partial charge in [-0.15, -0.1) is 0 Å². The molecular formula is C35H24ClNO5. The first-order valence-electron chi connectivity index (χ1n) is 13.6. The van der Waals surface area contributed by atoms with Gasteiger partial charge in [-0.05, 0) is 53.6 Å². The van der Waals surface area contributed by atoms with Crippen molar-refractivity contribution in [2.75, 3.05) is 4.90 Å². The minimum absolute atomic E-state index is 0.257. The van der Waals surface area contributed by atoms with Crippen LogP contribution in [0.3, 0.4) is 0 Å². The fraction of sp³-hybridized carbons (Fsp3) is 0.143. The van der Waals surface area contributed by atoms with E-state index in [9.17, 15) is 19.2 Å². The lowest BCUT2D eigenvalue weighted by molar-refractivity contribution is -0.131. The molecule has 0 aromatic heterocycles.